The average Bonchev–Trinajstić information content (AvgIpc) is 3.12. The van der Waals surface area contributed by atoms with E-state index in [9.17, 15) is 4.46 Å². The first-order valence-corrected chi connectivity index (χ1v) is 36.9. The maximum absolute atomic E-state index is 12.5. The van der Waals surface area contributed by atoms with Crippen molar-refractivity contribution in [3.05, 3.63) is 0 Å². The maximum atomic E-state index is 12.5. The second-order valence-electron chi connectivity index (χ2n) is 18.9. The molecule has 12 heteroatoms. The van der Waals surface area contributed by atoms with Crippen molar-refractivity contribution in [2.75, 3.05) is 12.5 Å². The summed E-state index contributed by atoms with van der Waals surface area (Å²) in [6, 6.07) is 2.32. The molecule has 0 aliphatic rings. The molecule has 0 aliphatic carbocycles. The summed E-state index contributed by atoms with van der Waals surface area (Å²) < 4.78 is 47.1. The molecule has 0 unspecified atom stereocenters. The molecular weight excluding hydrogens is 757 g/mol. The minimum absolute atomic E-state index is 0.522. The van der Waals surface area contributed by atoms with E-state index in [-0.39, 0.29) is 0 Å². The van der Waals surface area contributed by atoms with Gasteiger partial charge in [0.15, 0.2) is 16.6 Å². The van der Waals surface area contributed by atoms with Crippen molar-refractivity contribution >= 4 is 42.4 Å². The van der Waals surface area contributed by atoms with Crippen LogP contribution in [0.3, 0.4) is 0 Å². The molecule has 54 heavy (non-hydrogen) atoms. The minimum atomic E-state index is -2.95. The van der Waals surface area contributed by atoms with Crippen LogP contribution in [0.5, 0.6) is 0 Å². The van der Waals surface area contributed by atoms with Gasteiger partial charge in [0.1, 0.15) is 0 Å². The molecule has 0 fully saturated rings. The average molecular weight is 852 g/mol. The molecule has 0 saturated carbocycles. The molecule has 0 aromatic rings. The van der Waals surface area contributed by atoms with Gasteiger partial charge >= 0.3 is 9.17 Å². The Balaban J connectivity index is 3.97. The second kappa shape index (κ2) is 34.2. The number of rotatable bonds is 42. The Bertz CT molecular complexity index is 795. The molecule has 0 aliphatic heterocycles. The quantitative estimate of drug-likeness (QED) is 0.0262. The van der Waals surface area contributed by atoms with Gasteiger partial charge in [-0.05, 0) is 64.5 Å². The van der Waals surface area contributed by atoms with E-state index in [0.717, 1.165) is 12.1 Å². The zero-order valence-electron chi connectivity index (χ0n) is 38.0. The van der Waals surface area contributed by atoms with E-state index in [1.165, 1.54) is 180 Å². The molecule has 0 rings (SSSR count). The van der Waals surface area contributed by atoms with E-state index in [4.69, 9.17) is 27.2 Å². The minimum Gasteiger partial charge on any atom is -0.418 e. The van der Waals surface area contributed by atoms with Gasteiger partial charge in [-0.25, -0.2) is 9.15 Å². The van der Waals surface area contributed by atoms with E-state index < -0.39 is 42.4 Å². The third-order valence-electron chi connectivity index (χ3n) is 10.6. The Morgan fingerprint density at radius 2 is 0.556 bits per heavy atom. The lowest BCUT2D eigenvalue weighted by Gasteiger charge is -2.29. The molecule has 324 valence electrons. The normalized spacial score (nSPS) is 12.8. The molecule has 0 radical (unpaired) electrons. The first-order valence-electron chi connectivity index (χ1n) is 23.2. The summed E-state index contributed by atoms with van der Waals surface area (Å²) in [5, 5.41) is 0. The van der Waals surface area contributed by atoms with Crippen molar-refractivity contribution in [3.63, 3.8) is 0 Å². The number of hydrogen-bond donors (Lipinski definition) is 0. The van der Waals surface area contributed by atoms with Crippen LogP contribution in [0.25, 0.3) is 0 Å². The van der Waals surface area contributed by atoms with Gasteiger partial charge in [0.25, 0.3) is 16.6 Å². The molecule has 7 nitrogen and oxygen atoms in total. The van der Waals surface area contributed by atoms with Gasteiger partial charge in [0.2, 0.25) is 0 Å². The highest BCUT2D eigenvalue weighted by atomic mass is 28.4. The first kappa shape index (κ1) is 54.3. The first-order chi connectivity index (χ1) is 25.6. The Labute approximate surface area is 343 Å². The van der Waals surface area contributed by atoms with Crippen LogP contribution in [0.4, 0.5) is 0 Å². The van der Waals surface area contributed by atoms with Crippen molar-refractivity contribution in [2.45, 2.75) is 258 Å². The Hall–Kier alpha value is 0.324. The lowest BCUT2D eigenvalue weighted by molar-refractivity contribution is -0.207. The van der Waals surface area contributed by atoms with E-state index in [2.05, 4.69) is 40.0 Å². The highest BCUT2D eigenvalue weighted by Crippen LogP contribution is 2.22. The monoisotopic (exact) mass is 851 g/mol. The Morgan fingerprint density at radius 3 is 0.796 bits per heavy atom. The van der Waals surface area contributed by atoms with E-state index in [1.54, 1.807) is 0 Å². The molecule has 0 aromatic carbocycles. The van der Waals surface area contributed by atoms with Crippen LogP contribution in [0.1, 0.15) is 194 Å². The summed E-state index contributed by atoms with van der Waals surface area (Å²) in [5.74, 6) is 0. The van der Waals surface area contributed by atoms with Crippen LogP contribution < -0.4 is 0 Å². The topological polar surface area (TPSA) is 72.5 Å². The largest absolute Gasteiger partial charge is 0.833 e. The third kappa shape index (κ3) is 37.9. The van der Waals surface area contributed by atoms with Crippen molar-refractivity contribution < 1.29 is 31.6 Å². The lowest BCUT2D eigenvalue weighted by Crippen LogP contribution is -2.45. The Kier molecular flexibility index (Phi) is 34.4. The highest BCUT2D eigenvalue weighted by Gasteiger charge is 2.35. The highest BCUT2D eigenvalue weighted by molar-refractivity contribution is 6.75. The molecule has 0 N–H and O–H groups in total. The van der Waals surface area contributed by atoms with Gasteiger partial charge in [0.05, 0.1) is 12.5 Å². The number of unbranched alkanes of at least 4 members (excludes halogenated alkanes) is 26. The van der Waals surface area contributed by atoms with Crippen LogP contribution in [0.2, 0.25) is 64.5 Å². The predicted molar refractivity (Wildman–Crippen MR) is 243 cm³/mol. The maximum Gasteiger partial charge on any atom is 0.833 e. The van der Waals surface area contributed by atoms with Gasteiger partial charge in [-0.15, -0.1) is 0 Å². The summed E-state index contributed by atoms with van der Waals surface area (Å²) >= 11 is 0. The van der Waals surface area contributed by atoms with Crippen LogP contribution in [-0.4, -0.2) is 54.9 Å². The smallest absolute Gasteiger partial charge is 0.418 e. The van der Waals surface area contributed by atoms with E-state index in [0.29, 0.717) is 12.5 Å². The van der Waals surface area contributed by atoms with Gasteiger partial charge in [0, 0.05) is 0 Å². The molecule has 0 atom stereocenters. The second-order valence-corrected chi connectivity index (χ2v) is 36.3. The van der Waals surface area contributed by atoms with E-state index >= 15 is 0 Å². The SMILES string of the molecule is CCCCCCCCCCCCCCCC[Si](C)(C)OC[Si](C)(C)OO[Si](=O)OO[Si](C)(C)CO[Si](C)(C)CCCCCCCCCCCCCCCC. The molecule has 0 saturated heterocycles. The zero-order valence-corrected chi connectivity index (χ0v) is 43.0. The van der Waals surface area contributed by atoms with Gasteiger partial charge in [-0.1, -0.05) is 194 Å². The number of hydrogen-bond acceptors (Lipinski definition) is 7. The summed E-state index contributed by atoms with van der Waals surface area (Å²) in [7, 11) is -11.2. The fraction of sp³-hybridized carbons (Fsp3) is 1.00. The van der Waals surface area contributed by atoms with Gasteiger partial charge < -0.3 is 18.0 Å². The summed E-state index contributed by atoms with van der Waals surface area (Å²) in [5.41, 5.74) is 0. The molecule has 0 amide bonds. The molecular formula is C42H94O7Si5. The predicted octanol–water partition coefficient (Wildman–Crippen LogP) is 15.2. The Morgan fingerprint density at radius 1 is 0.333 bits per heavy atom. The van der Waals surface area contributed by atoms with E-state index in [1.807, 2.05) is 26.2 Å². The van der Waals surface area contributed by atoms with Crippen LogP contribution in [-0.2, 0) is 31.6 Å². The van der Waals surface area contributed by atoms with Gasteiger partial charge in [-0.3, -0.25) is 4.46 Å². The van der Waals surface area contributed by atoms with Gasteiger partial charge in [-0.2, -0.15) is 0 Å². The third-order valence-corrected chi connectivity index (χ3v) is 19.6. The molecule has 0 bridgehead atoms. The van der Waals surface area contributed by atoms with Crippen molar-refractivity contribution in [1.29, 1.82) is 0 Å². The zero-order chi connectivity index (χ0) is 40.4. The van der Waals surface area contributed by atoms with Crippen LogP contribution >= 0.6 is 0 Å². The molecule has 0 aromatic heterocycles. The van der Waals surface area contributed by atoms with Crippen molar-refractivity contribution in [1.82, 2.24) is 0 Å². The van der Waals surface area contributed by atoms with Crippen LogP contribution in [0.15, 0.2) is 0 Å². The summed E-state index contributed by atoms with van der Waals surface area (Å²) in [6.45, 7) is 21.8. The van der Waals surface area contributed by atoms with Crippen molar-refractivity contribution in [3.8, 4) is 0 Å². The fourth-order valence-corrected chi connectivity index (χ4v) is 17.6. The summed E-state index contributed by atoms with van der Waals surface area (Å²) in [6.07, 6.45) is 39.6. The molecule has 0 spiro atoms. The summed E-state index contributed by atoms with van der Waals surface area (Å²) in [4.78, 5) is 0. The van der Waals surface area contributed by atoms with Crippen LogP contribution in [0, 0.1) is 0 Å². The van der Waals surface area contributed by atoms with Crippen molar-refractivity contribution in [2.24, 2.45) is 0 Å². The fourth-order valence-electron chi connectivity index (χ4n) is 6.73. The lowest BCUT2D eigenvalue weighted by atomic mass is 10.0. The molecule has 0 heterocycles. The standard InChI is InChI=1S/C42H94O7Si5/c1-11-13-15-17-19-21-23-25-27-29-31-33-35-37-39-51(3,4)44-41-53(7,8)48-46-50(43)47-49-54(9,10)42-45-52(5,6)40-38-36-34-32-30-28-26-24-22-20-18-16-14-12-2/h11-42H2,1-10H3.